The van der Waals surface area contributed by atoms with Crippen LogP contribution >= 0.6 is 0 Å². The number of amides is 1. The van der Waals surface area contributed by atoms with Gasteiger partial charge in [-0.2, -0.15) is 13.2 Å². The lowest BCUT2D eigenvalue weighted by atomic mass is 9.82. The first-order valence-electron chi connectivity index (χ1n) is 18.9. The highest BCUT2D eigenvalue weighted by molar-refractivity contribution is 5.88. The minimum Gasteiger partial charge on any atom is -0.497 e. The van der Waals surface area contributed by atoms with Gasteiger partial charge in [0.2, 0.25) is 0 Å². The van der Waals surface area contributed by atoms with Crippen LogP contribution in [0, 0.1) is 5.92 Å². The molecule has 2 N–H and O–H groups in total. The molecule has 1 saturated carbocycles. The van der Waals surface area contributed by atoms with Crippen LogP contribution < -0.4 is 10.1 Å². The van der Waals surface area contributed by atoms with Crippen molar-refractivity contribution in [2.75, 3.05) is 60.7 Å². The van der Waals surface area contributed by atoms with Gasteiger partial charge in [0, 0.05) is 64.4 Å². The highest BCUT2D eigenvalue weighted by Gasteiger charge is 2.58. The van der Waals surface area contributed by atoms with Crippen molar-refractivity contribution in [1.82, 2.24) is 15.1 Å². The lowest BCUT2D eigenvalue weighted by Gasteiger charge is -2.39. The Hall–Kier alpha value is -3.23. The molecule has 6 rings (SSSR count). The molecule has 2 aromatic rings. The van der Waals surface area contributed by atoms with Gasteiger partial charge in [-0.15, -0.1) is 0 Å². The monoisotopic (exact) mass is 745 g/mol. The van der Waals surface area contributed by atoms with Crippen LogP contribution in [0.2, 0.25) is 0 Å². The second kappa shape index (κ2) is 16.6. The number of ether oxygens (including phenoxy) is 4. The maximum atomic E-state index is 15.3. The summed E-state index contributed by atoms with van der Waals surface area (Å²) in [5.74, 6) is -1.66. The number of halogens is 3. The Morgan fingerprint density at radius 1 is 0.962 bits per heavy atom. The lowest BCUT2D eigenvalue weighted by molar-refractivity contribution is -0.157. The molecule has 2 unspecified atom stereocenters. The number of alkyl halides is 3. The number of benzene rings is 2. The van der Waals surface area contributed by atoms with Crippen LogP contribution in [0.25, 0.3) is 0 Å². The number of carboxylic acids is 1. The highest BCUT2D eigenvalue weighted by atomic mass is 19.4. The molecule has 292 valence electrons. The predicted molar refractivity (Wildman–Crippen MR) is 192 cm³/mol. The number of nitrogens with one attached hydrogen (secondary N) is 1. The van der Waals surface area contributed by atoms with Crippen molar-refractivity contribution < 1.29 is 46.8 Å². The summed E-state index contributed by atoms with van der Waals surface area (Å²) in [5, 5.41) is 13.1. The summed E-state index contributed by atoms with van der Waals surface area (Å²) in [6.45, 7) is 4.63. The van der Waals surface area contributed by atoms with E-state index in [1.807, 2.05) is 36.1 Å². The van der Waals surface area contributed by atoms with Crippen LogP contribution in [0.1, 0.15) is 92.0 Å². The van der Waals surface area contributed by atoms with Gasteiger partial charge in [0.15, 0.2) is 5.60 Å². The number of hydrogen-bond acceptors (Lipinski definition) is 8. The molecule has 0 radical (unpaired) electrons. The maximum absolute atomic E-state index is 15.3. The molecule has 0 aromatic heterocycles. The van der Waals surface area contributed by atoms with E-state index < -0.39 is 35.3 Å². The molecule has 3 aliphatic heterocycles. The third kappa shape index (κ3) is 8.24. The van der Waals surface area contributed by atoms with E-state index in [2.05, 4.69) is 10.2 Å². The van der Waals surface area contributed by atoms with Gasteiger partial charge in [-0.25, -0.2) is 0 Å². The first-order chi connectivity index (χ1) is 25.4. The molecule has 3 heterocycles. The SMILES string of the molecule is CCOC1CCC(N2C[C@@H](c3ccc(OC)cc3)[C@](OC)(C(=O)N3C[C@H](c4ccc(C(F)(F)F)cc4C4CC(C(=O)O)CCN4)C[C@H]3COC)C2)CC1. The van der Waals surface area contributed by atoms with E-state index in [9.17, 15) is 23.1 Å². The number of aliphatic carboxylic acids is 1. The number of piperidine rings is 1. The van der Waals surface area contributed by atoms with Crippen LogP contribution in [0.5, 0.6) is 5.75 Å². The van der Waals surface area contributed by atoms with Gasteiger partial charge in [-0.1, -0.05) is 18.2 Å². The fourth-order valence-corrected chi connectivity index (χ4v) is 9.46. The normalized spacial score (nSPS) is 31.2. The highest BCUT2D eigenvalue weighted by Crippen LogP contribution is 2.46. The van der Waals surface area contributed by atoms with Crippen molar-refractivity contribution in [1.29, 1.82) is 0 Å². The smallest absolute Gasteiger partial charge is 0.416 e. The third-order valence-corrected chi connectivity index (χ3v) is 12.2. The Morgan fingerprint density at radius 3 is 2.32 bits per heavy atom. The van der Waals surface area contributed by atoms with Gasteiger partial charge in [0.1, 0.15) is 5.75 Å². The molecule has 4 aliphatic rings. The zero-order chi connectivity index (χ0) is 37.9. The average molecular weight is 746 g/mol. The zero-order valence-electron chi connectivity index (χ0n) is 31.2. The molecule has 13 heteroatoms. The van der Waals surface area contributed by atoms with Crippen LogP contribution in [0.15, 0.2) is 42.5 Å². The van der Waals surface area contributed by atoms with Gasteiger partial charge >= 0.3 is 12.1 Å². The van der Waals surface area contributed by atoms with E-state index in [1.165, 1.54) is 12.1 Å². The van der Waals surface area contributed by atoms with Gasteiger partial charge in [-0.3, -0.25) is 14.5 Å². The van der Waals surface area contributed by atoms with Crippen LogP contribution in [0.3, 0.4) is 0 Å². The molecule has 1 aliphatic carbocycles. The number of methoxy groups -OCH3 is 3. The van der Waals surface area contributed by atoms with Gasteiger partial charge in [0.05, 0.1) is 37.3 Å². The Kier molecular flexibility index (Phi) is 12.4. The number of carbonyl (C=O) groups is 2. The summed E-state index contributed by atoms with van der Waals surface area (Å²) in [5.41, 5.74) is 0.0852. The zero-order valence-corrected chi connectivity index (χ0v) is 31.2. The third-order valence-electron chi connectivity index (χ3n) is 12.2. The van der Waals surface area contributed by atoms with Crippen molar-refractivity contribution in [3.05, 3.63) is 64.7 Å². The molecule has 0 spiro atoms. The van der Waals surface area contributed by atoms with Crippen molar-refractivity contribution in [2.24, 2.45) is 5.92 Å². The molecular formula is C40H54F3N3O7. The average Bonchev–Trinajstić information content (AvgIpc) is 3.77. The van der Waals surface area contributed by atoms with Crippen LogP contribution in [-0.4, -0.2) is 111 Å². The lowest BCUT2D eigenvalue weighted by Crippen LogP contribution is -2.57. The quantitative estimate of drug-likeness (QED) is 0.271. The summed E-state index contributed by atoms with van der Waals surface area (Å²) >= 11 is 0. The summed E-state index contributed by atoms with van der Waals surface area (Å²) in [7, 11) is 4.80. The molecule has 2 aromatic carbocycles. The summed E-state index contributed by atoms with van der Waals surface area (Å²) < 4.78 is 65.6. The number of carbonyl (C=O) groups excluding carboxylic acids is 1. The van der Waals surface area contributed by atoms with Crippen LogP contribution in [-0.2, 0) is 30.0 Å². The van der Waals surface area contributed by atoms with E-state index in [1.54, 1.807) is 21.3 Å². The fraction of sp³-hybridized carbons (Fsp3) is 0.650. The largest absolute Gasteiger partial charge is 0.497 e. The second-order valence-electron chi connectivity index (χ2n) is 15.1. The molecule has 6 atom stereocenters. The first kappa shape index (κ1) is 39.5. The topological polar surface area (TPSA) is 110 Å². The van der Waals surface area contributed by atoms with Crippen molar-refractivity contribution >= 4 is 11.9 Å². The standard InChI is InChI=1S/C40H54F3N3O7/c1-5-53-32-13-9-29(10-14-32)45-22-35(25-6-11-31(51-3)12-7-25)39(24-45,52-4)38(49)46-21-27(18-30(46)23-50-2)33-15-8-28(40(41,42)43)20-34(33)36-19-26(37(47)48)16-17-44-36/h6-8,11-12,15,20,26-27,29-30,32,35-36,44H,5,9-10,13-14,16-19,21-24H2,1-4H3,(H,47,48)/t26?,27-,29?,30+,32?,35+,36?,39+/m1/s1. The summed E-state index contributed by atoms with van der Waals surface area (Å²) in [4.78, 5) is 31.5. The van der Waals surface area contributed by atoms with Crippen molar-refractivity contribution in [2.45, 2.75) is 99.7 Å². The maximum Gasteiger partial charge on any atom is 0.416 e. The molecule has 4 fully saturated rings. The molecule has 1 amide bonds. The van der Waals surface area contributed by atoms with Gasteiger partial charge in [0.25, 0.3) is 5.91 Å². The Labute approximate surface area is 310 Å². The molecule has 0 bridgehead atoms. The number of hydrogen-bond donors (Lipinski definition) is 2. The number of rotatable bonds is 12. The Balaban J connectivity index is 1.33. The molecule has 53 heavy (non-hydrogen) atoms. The van der Waals surface area contributed by atoms with Crippen LogP contribution in [0.4, 0.5) is 13.2 Å². The molecular weight excluding hydrogens is 691 g/mol. The van der Waals surface area contributed by atoms with E-state index in [4.69, 9.17) is 18.9 Å². The van der Waals surface area contributed by atoms with Gasteiger partial charge in [-0.05, 0) is 99.4 Å². The summed E-state index contributed by atoms with van der Waals surface area (Å²) in [6.07, 6.45) is 0.571. The second-order valence-corrected chi connectivity index (χ2v) is 15.1. The summed E-state index contributed by atoms with van der Waals surface area (Å²) in [6, 6.07) is 10.9. The minimum atomic E-state index is -4.57. The first-order valence-corrected chi connectivity index (χ1v) is 18.9. The van der Waals surface area contributed by atoms with E-state index in [0.29, 0.717) is 56.0 Å². The molecule has 3 saturated heterocycles. The number of likely N-dealkylation sites (tertiary alicyclic amines) is 2. The van der Waals surface area contributed by atoms with Crippen molar-refractivity contribution in [3.63, 3.8) is 0 Å². The number of carboxylic acid groups (broad SMARTS) is 1. The minimum absolute atomic E-state index is 0.161. The van der Waals surface area contributed by atoms with Crippen molar-refractivity contribution in [3.8, 4) is 5.75 Å². The Bertz CT molecular complexity index is 1570. The number of nitrogens with zero attached hydrogens (tertiary/aromatic N) is 2. The fourth-order valence-electron chi connectivity index (χ4n) is 9.46. The Morgan fingerprint density at radius 2 is 1.70 bits per heavy atom. The van der Waals surface area contributed by atoms with E-state index >= 15 is 4.79 Å². The van der Waals surface area contributed by atoms with Gasteiger partial charge < -0.3 is 34.3 Å². The predicted octanol–water partition coefficient (Wildman–Crippen LogP) is 6.00. The van der Waals surface area contributed by atoms with E-state index in [-0.39, 0.29) is 55.5 Å². The molecule has 10 nitrogen and oxygen atoms in total. The van der Waals surface area contributed by atoms with E-state index in [0.717, 1.165) is 37.3 Å².